The van der Waals surface area contributed by atoms with Crippen LogP contribution in [0.5, 0.6) is 0 Å². The third kappa shape index (κ3) is 5.07. The molecule has 1 atom stereocenters. The van der Waals surface area contributed by atoms with Gasteiger partial charge < -0.3 is 10.8 Å². The maximum atomic E-state index is 11.6. The van der Waals surface area contributed by atoms with E-state index in [9.17, 15) is 9.90 Å². The Labute approximate surface area is 128 Å². The molecule has 0 aliphatic carbocycles. The quantitative estimate of drug-likeness (QED) is 0.565. The number of anilines is 1. The highest BCUT2D eigenvalue weighted by molar-refractivity contribution is 5.78. The third-order valence-electron chi connectivity index (χ3n) is 3.97. The molecule has 21 heavy (non-hydrogen) atoms. The van der Waals surface area contributed by atoms with Crippen molar-refractivity contribution in [2.75, 3.05) is 5.73 Å². The van der Waals surface area contributed by atoms with Gasteiger partial charge in [-0.2, -0.15) is 0 Å². The summed E-state index contributed by atoms with van der Waals surface area (Å²) in [7, 11) is 0. The van der Waals surface area contributed by atoms with Crippen LogP contribution >= 0.6 is 0 Å². The van der Waals surface area contributed by atoms with E-state index in [1.54, 1.807) is 0 Å². The average Bonchev–Trinajstić information content (AvgIpc) is 2.38. The Morgan fingerprint density at radius 2 is 1.90 bits per heavy atom. The first-order valence-corrected chi connectivity index (χ1v) is 7.90. The molecule has 0 saturated heterocycles. The van der Waals surface area contributed by atoms with E-state index in [2.05, 4.69) is 27.7 Å². The lowest BCUT2D eigenvalue weighted by Gasteiger charge is -2.23. The maximum absolute atomic E-state index is 11.6. The van der Waals surface area contributed by atoms with Gasteiger partial charge in [0.05, 0.1) is 5.92 Å². The van der Waals surface area contributed by atoms with Crippen molar-refractivity contribution < 1.29 is 9.90 Å². The van der Waals surface area contributed by atoms with E-state index in [1.165, 1.54) is 0 Å². The van der Waals surface area contributed by atoms with Gasteiger partial charge >= 0.3 is 5.97 Å². The van der Waals surface area contributed by atoms with Gasteiger partial charge in [0.25, 0.3) is 0 Å². The van der Waals surface area contributed by atoms with Gasteiger partial charge in [-0.15, -0.1) is 0 Å². The molecule has 0 bridgehead atoms. The van der Waals surface area contributed by atoms with Crippen LogP contribution in [0.3, 0.4) is 0 Å². The van der Waals surface area contributed by atoms with Crippen molar-refractivity contribution in [1.82, 2.24) is 0 Å². The van der Waals surface area contributed by atoms with Crippen LogP contribution in [0.25, 0.3) is 0 Å². The van der Waals surface area contributed by atoms with Gasteiger partial charge in [-0.1, -0.05) is 65.5 Å². The summed E-state index contributed by atoms with van der Waals surface area (Å²) in [5, 5.41) is 9.55. The second-order valence-electron chi connectivity index (χ2n) is 6.83. The minimum Gasteiger partial charge on any atom is -0.481 e. The standard InChI is InChI=1S/C18H29NO2/c1-5-6-7-8-9-14(17(20)21)15-12-13(18(2,3)4)10-11-16(15)19/h10-12,14H,5-9,19H2,1-4H3,(H,20,21). The van der Waals surface area contributed by atoms with Crippen LogP contribution in [-0.2, 0) is 10.2 Å². The van der Waals surface area contributed by atoms with Crippen molar-refractivity contribution >= 4 is 11.7 Å². The van der Waals surface area contributed by atoms with Gasteiger partial charge in [-0.3, -0.25) is 4.79 Å². The molecule has 0 aliphatic rings. The Morgan fingerprint density at radius 3 is 2.43 bits per heavy atom. The van der Waals surface area contributed by atoms with Crippen molar-refractivity contribution in [3.8, 4) is 0 Å². The molecule has 3 nitrogen and oxygen atoms in total. The van der Waals surface area contributed by atoms with Crippen LogP contribution in [-0.4, -0.2) is 11.1 Å². The number of hydrogen-bond acceptors (Lipinski definition) is 2. The minimum atomic E-state index is -0.774. The highest BCUT2D eigenvalue weighted by Gasteiger charge is 2.24. The number of nitrogens with two attached hydrogens (primary N) is 1. The second-order valence-corrected chi connectivity index (χ2v) is 6.83. The molecular formula is C18H29NO2. The van der Waals surface area contributed by atoms with E-state index in [1.807, 2.05) is 18.2 Å². The molecule has 0 aromatic heterocycles. The van der Waals surface area contributed by atoms with Gasteiger partial charge in [0.15, 0.2) is 0 Å². The normalized spacial score (nSPS) is 13.1. The SMILES string of the molecule is CCCCCCC(C(=O)O)c1cc(C(C)(C)C)ccc1N. The summed E-state index contributed by atoms with van der Waals surface area (Å²) in [5.41, 5.74) is 8.52. The smallest absolute Gasteiger partial charge is 0.311 e. The number of carbonyl (C=O) groups is 1. The van der Waals surface area contributed by atoms with Crippen molar-refractivity contribution in [2.45, 2.75) is 71.1 Å². The summed E-state index contributed by atoms with van der Waals surface area (Å²) in [5.74, 6) is -1.27. The zero-order valence-corrected chi connectivity index (χ0v) is 13.8. The van der Waals surface area contributed by atoms with E-state index < -0.39 is 11.9 Å². The number of carboxylic acids is 1. The molecule has 1 aromatic rings. The van der Waals surface area contributed by atoms with Crippen LogP contribution in [0.15, 0.2) is 18.2 Å². The second kappa shape index (κ2) is 7.48. The number of benzene rings is 1. The fourth-order valence-electron chi connectivity index (χ4n) is 2.53. The van der Waals surface area contributed by atoms with Gasteiger partial charge in [-0.25, -0.2) is 0 Å². The van der Waals surface area contributed by atoms with Crippen LogP contribution in [0.4, 0.5) is 5.69 Å². The lowest BCUT2D eigenvalue weighted by atomic mass is 9.83. The molecule has 118 valence electrons. The highest BCUT2D eigenvalue weighted by Crippen LogP contribution is 2.32. The average molecular weight is 291 g/mol. The zero-order valence-electron chi connectivity index (χ0n) is 13.8. The summed E-state index contributed by atoms with van der Waals surface area (Å²) in [4.78, 5) is 11.6. The Hall–Kier alpha value is -1.51. The maximum Gasteiger partial charge on any atom is 0.311 e. The fraction of sp³-hybridized carbons (Fsp3) is 0.611. The molecule has 1 rings (SSSR count). The first kappa shape index (κ1) is 17.5. The molecule has 1 unspecified atom stereocenters. The van der Waals surface area contributed by atoms with E-state index in [0.717, 1.165) is 36.8 Å². The summed E-state index contributed by atoms with van der Waals surface area (Å²) >= 11 is 0. The lowest BCUT2D eigenvalue weighted by Crippen LogP contribution is -2.17. The van der Waals surface area contributed by atoms with Gasteiger partial charge in [0.1, 0.15) is 0 Å². The van der Waals surface area contributed by atoms with E-state index >= 15 is 0 Å². The Kier molecular flexibility index (Phi) is 6.25. The molecule has 3 N–H and O–H groups in total. The largest absolute Gasteiger partial charge is 0.481 e. The van der Waals surface area contributed by atoms with Crippen LogP contribution in [0.1, 0.15) is 76.8 Å². The summed E-state index contributed by atoms with van der Waals surface area (Å²) in [6, 6.07) is 5.82. The van der Waals surface area contributed by atoms with E-state index in [4.69, 9.17) is 5.73 Å². The molecule has 0 amide bonds. The van der Waals surface area contributed by atoms with Crippen molar-refractivity contribution in [2.24, 2.45) is 0 Å². The van der Waals surface area contributed by atoms with Gasteiger partial charge in [0, 0.05) is 5.69 Å². The summed E-state index contributed by atoms with van der Waals surface area (Å²) in [6.07, 6.45) is 4.99. The van der Waals surface area contributed by atoms with Crippen molar-refractivity contribution in [1.29, 1.82) is 0 Å². The predicted octanol–water partition coefficient (Wildman–Crippen LogP) is 4.70. The topological polar surface area (TPSA) is 63.3 Å². The lowest BCUT2D eigenvalue weighted by molar-refractivity contribution is -0.139. The Bertz CT molecular complexity index is 475. The van der Waals surface area contributed by atoms with Crippen molar-refractivity contribution in [3.63, 3.8) is 0 Å². The van der Waals surface area contributed by atoms with Crippen LogP contribution in [0, 0.1) is 0 Å². The summed E-state index contributed by atoms with van der Waals surface area (Å²) in [6.45, 7) is 8.53. The van der Waals surface area contributed by atoms with Crippen LogP contribution < -0.4 is 5.73 Å². The number of aliphatic carboxylic acids is 1. The molecule has 0 aliphatic heterocycles. The van der Waals surface area contributed by atoms with E-state index in [-0.39, 0.29) is 5.41 Å². The molecule has 1 aromatic carbocycles. The number of rotatable bonds is 7. The molecular weight excluding hydrogens is 262 g/mol. The predicted molar refractivity (Wildman–Crippen MR) is 88.7 cm³/mol. The third-order valence-corrected chi connectivity index (χ3v) is 3.97. The molecule has 0 radical (unpaired) electrons. The minimum absolute atomic E-state index is 0.00624. The Morgan fingerprint density at radius 1 is 1.24 bits per heavy atom. The molecule has 3 heteroatoms. The number of nitrogen functional groups attached to an aromatic ring is 1. The number of hydrogen-bond donors (Lipinski definition) is 2. The monoisotopic (exact) mass is 291 g/mol. The molecule has 0 fully saturated rings. The molecule has 0 heterocycles. The van der Waals surface area contributed by atoms with Crippen molar-refractivity contribution in [3.05, 3.63) is 29.3 Å². The Balaban J connectivity index is 2.99. The fourth-order valence-corrected chi connectivity index (χ4v) is 2.53. The zero-order chi connectivity index (χ0) is 16.0. The highest BCUT2D eigenvalue weighted by atomic mass is 16.4. The first-order valence-electron chi connectivity index (χ1n) is 7.90. The van der Waals surface area contributed by atoms with Crippen LogP contribution in [0.2, 0.25) is 0 Å². The number of unbranched alkanes of at least 4 members (excludes halogenated alkanes) is 3. The first-order chi connectivity index (χ1) is 9.77. The summed E-state index contributed by atoms with van der Waals surface area (Å²) < 4.78 is 0. The number of carboxylic acid groups (broad SMARTS) is 1. The molecule has 0 saturated carbocycles. The van der Waals surface area contributed by atoms with Gasteiger partial charge in [0.2, 0.25) is 0 Å². The van der Waals surface area contributed by atoms with Gasteiger partial charge in [-0.05, 0) is 29.0 Å². The molecule has 0 spiro atoms. The van der Waals surface area contributed by atoms with E-state index in [0.29, 0.717) is 12.1 Å².